The van der Waals surface area contributed by atoms with Gasteiger partial charge < -0.3 is 15.3 Å². The molecular weight excluding hydrogens is 351 g/mol. The maximum atomic E-state index is 14.2. The average Bonchev–Trinajstić information content (AvgIpc) is 3.08. The van der Waals surface area contributed by atoms with Crippen molar-refractivity contribution in [1.82, 2.24) is 5.32 Å². The molecule has 0 aliphatic carbocycles. The first-order valence-electron chi connectivity index (χ1n) is 8.63. The van der Waals surface area contributed by atoms with E-state index < -0.39 is 23.7 Å². The standard InChI is InChI=1S/C20H19FN2O4/c21-16-9-8-14(23-10-4-7-18(23)24)12-15(16)19(25)22-17(20(26)27)11-13-5-2-1-3-6-13/h1-3,5-6,8-9,12,17H,4,7,10-11H2,(H,22,25)(H,26,27). The summed E-state index contributed by atoms with van der Waals surface area (Å²) >= 11 is 0. The number of amides is 2. The summed E-state index contributed by atoms with van der Waals surface area (Å²) < 4.78 is 14.2. The van der Waals surface area contributed by atoms with Gasteiger partial charge in [0.05, 0.1) is 5.56 Å². The Kier molecular flexibility index (Phi) is 5.49. The van der Waals surface area contributed by atoms with Crippen LogP contribution in [0, 0.1) is 5.82 Å². The maximum Gasteiger partial charge on any atom is 0.326 e. The minimum Gasteiger partial charge on any atom is -0.480 e. The number of carboxylic acids is 1. The molecule has 1 atom stereocenters. The summed E-state index contributed by atoms with van der Waals surface area (Å²) in [4.78, 5) is 37.4. The topological polar surface area (TPSA) is 86.7 Å². The fraction of sp³-hybridized carbons (Fsp3) is 0.250. The highest BCUT2D eigenvalue weighted by molar-refractivity contribution is 6.00. The first-order chi connectivity index (χ1) is 13.0. The summed E-state index contributed by atoms with van der Waals surface area (Å²) in [6.45, 7) is 0.511. The minimum atomic E-state index is -1.21. The number of carboxylic acid groups (broad SMARTS) is 1. The number of benzene rings is 2. The third-order valence-electron chi connectivity index (χ3n) is 4.47. The van der Waals surface area contributed by atoms with Crippen molar-refractivity contribution in [2.45, 2.75) is 25.3 Å². The summed E-state index contributed by atoms with van der Waals surface area (Å²) in [7, 11) is 0. The van der Waals surface area contributed by atoms with Crippen molar-refractivity contribution >= 4 is 23.5 Å². The number of anilines is 1. The highest BCUT2D eigenvalue weighted by Crippen LogP contribution is 2.24. The van der Waals surface area contributed by atoms with Gasteiger partial charge in [-0.1, -0.05) is 30.3 Å². The van der Waals surface area contributed by atoms with Crippen molar-refractivity contribution < 1.29 is 23.9 Å². The normalized spacial score (nSPS) is 14.9. The third kappa shape index (κ3) is 4.31. The smallest absolute Gasteiger partial charge is 0.326 e. The van der Waals surface area contributed by atoms with E-state index in [9.17, 15) is 23.9 Å². The van der Waals surface area contributed by atoms with Gasteiger partial charge in [-0.3, -0.25) is 9.59 Å². The van der Waals surface area contributed by atoms with E-state index in [1.807, 2.05) is 0 Å². The number of rotatable bonds is 6. The highest BCUT2D eigenvalue weighted by Gasteiger charge is 2.26. The first kappa shape index (κ1) is 18.6. The molecule has 0 spiro atoms. The van der Waals surface area contributed by atoms with Crippen molar-refractivity contribution in [3.63, 3.8) is 0 Å². The summed E-state index contributed by atoms with van der Waals surface area (Å²) in [5, 5.41) is 11.8. The Labute approximate surface area is 155 Å². The molecule has 2 aromatic rings. The Hall–Kier alpha value is -3.22. The van der Waals surface area contributed by atoms with Gasteiger partial charge in [0.15, 0.2) is 0 Å². The summed E-state index contributed by atoms with van der Waals surface area (Å²) in [6, 6.07) is 11.5. The lowest BCUT2D eigenvalue weighted by Crippen LogP contribution is -2.42. The SMILES string of the molecule is O=C(NC(Cc1ccccc1)C(=O)O)c1cc(N2CCCC2=O)ccc1F. The lowest BCUT2D eigenvalue weighted by atomic mass is 10.1. The van der Waals surface area contributed by atoms with Crippen molar-refractivity contribution in [3.8, 4) is 0 Å². The molecule has 0 saturated carbocycles. The Bertz CT molecular complexity index is 870. The average molecular weight is 370 g/mol. The van der Waals surface area contributed by atoms with E-state index in [1.54, 1.807) is 30.3 Å². The molecule has 27 heavy (non-hydrogen) atoms. The van der Waals surface area contributed by atoms with Gasteiger partial charge in [0.25, 0.3) is 5.91 Å². The van der Waals surface area contributed by atoms with Crippen molar-refractivity contribution in [2.24, 2.45) is 0 Å². The number of halogens is 1. The van der Waals surface area contributed by atoms with Crippen LogP contribution in [0.5, 0.6) is 0 Å². The molecule has 1 aliphatic rings. The maximum absolute atomic E-state index is 14.2. The van der Waals surface area contributed by atoms with Crippen molar-refractivity contribution in [2.75, 3.05) is 11.4 Å². The van der Waals surface area contributed by atoms with Gasteiger partial charge in [-0.2, -0.15) is 0 Å². The fourth-order valence-corrected chi connectivity index (χ4v) is 3.06. The van der Waals surface area contributed by atoms with Crippen LogP contribution in [0.1, 0.15) is 28.8 Å². The van der Waals surface area contributed by atoms with Gasteiger partial charge >= 0.3 is 5.97 Å². The molecule has 1 saturated heterocycles. The van der Waals surface area contributed by atoms with Crippen molar-refractivity contribution in [1.29, 1.82) is 0 Å². The van der Waals surface area contributed by atoms with Crippen LogP contribution in [0.25, 0.3) is 0 Å². The Morgan fingerprint density at radius 3 is 2.56 bits per heavy atom. The van der Waals surface area contributed by atoms with E-state index in [1.165, 1.54) is 17.0 Å². The Balaban J connectivity index is 1.79. The Morgan fingerprint density at radius 1 is 1.19 bits per heavy atom. The molecule has 1 heterocycles. The van der Waals surface area contributed by atoms with Crippen LogP contribution in [0.4, 0.5) is 10.1 Å². The van der Waals surface area contributed by atoms with Crippen LogP contribution < -0.4 is 10.2 Å². The number of nitrogens with one attached hydrogen (secondary N) is 1. The zero-order valence-corrected chi connectivity index (χ0v) is 14.5. The molecule has 7 heteroatoms. The quantitative estimate of drug-likeness (QED) is 0.817. The van der Waals surface area contributed by atoms with E-state index in [-0.39, 0.29) is 17.9 Å². The van der Waals surface area contributed by atoms with E-state index in [0.717, 1.165) is 11.6 Å². The van der Waals surface area contributed by atoms with Crippen LogP contribution in [-0.4, -0.2) is 35.5 Å². The zero-order valence-electron chi connectivity index (χ0n) is 14.5. The minimum absolute atomic E-state index is 0.0772. The number of carbonyl (C=O) groups is 3. The third-order valence-corrected chi connectivity index (χ3v) is 4.47. The van der Waals surface area contributed by atoms with Gasteiger partial charge in [0, 0.05) is 25.1 Å². The van der Waals surface area contributed by atoms with Gasteiger partial charge in [-0.25, -0.2) is 9.18 Å². The Morgan fingerprint density at radius 2 is 1.93 bits per heavy atom. The second kappa shape index (κ2) is 7.99. The lowest BCUT2D eigenvalue weighted by molar-refractivity contribution is -0.139. The number of carbonyl (C=O) groups excluding carboxylic acids is 2. The molecule has 2 N–H and O–H groups in total. The van der Waals surface area contributed by atoms with Crippen LogP contribution in [0.3, 0.4) is 0 Å². The molecule has 1 unspecified atom stereocenters. The molecule has 1 fully saturated rings. The number of hydrogen-bond donors (Lipinski definition) is 2. The highest BCUT2D eigenvalue weighted by atomic mass is 19.1. The molecule has 6 nitrogen and oxygen atoms in total. The number of nitrogens with zero attached hydrogens (tertiary/aromatic N) is 1. The van der Waals surface area contributed by atoms with Gasteiger partial charge in [-0.15, -0.1) is 0 Å². The summed E-state index contributed by atoms with van der Waals surface area (Å²) in [6.07, 6.45) is 1.20. The second-order valence-corrected chi connectivity index (χ2v) is 6.37. The molecule has 3 rings (SSSR count). The van der Waals surface area contributed by atoms with E-state index in [0.29, 0.717) is 25.1 Å². The van der Waals surface area contributed by atoms with Crippen LogP contribution >= 0.6 is 0 Å². The predicted molar refractivity (Wildman–Crippen MR) is 97.0 cm³/mol. The van der Waals surface area contributed by atoms with E-state index in [2.05, 4.69) is 5.32 Å². The van der Waals surface area contributed by atoms with Crippen molar-refractivity contribution in [3.05, 3.63) is 65.5 Å². The molecule has 0 radical (unpaired) electrons. The van der Waals surface area contributed by atoms with Gasteiger partial charge in [0.1, 0.15) is 11.9 Å². The number of aliphatic carboxylic acids is 1. The number of hydrogen-bond acceptors (Lipinski definition) is 3. The second-order valence-electron chi connectivity index (χ2n) is 6.37. The van der Waals surface area contributed by atoms with Gasteiger partial charge in [0.2, 0.25) is 5.91 Å². The molecule has 2 amide bonds. The van der Waals surface area contributed by atoms with E-state index >= 15 is 0 Å². The van der Waals surface area contributed by atoms with Gasteiger partial charge in [-0.05, 0) is 30.2 Å². The molecule has 1 aliphatic heterocycles. The molecule has 0 aromatic heterocycles. The van der Waals surface area contributed by atoms with Crippen LogP contribution in [-0.2, 0) is 16.0 Å². The molecule has 140 valence electrons. The monoisotopic (exact) mass is 370 g/mol. The predicted octanol–water partition coefficient (Wildman–Crippen LogP) is 2.38. The molecular formula is C20H19FN2O4. The van der Waals surface area contributed by atoms with Crippen LogP contribution in [0.15, 0.2) is 48.5 Å². The summed E-state index contributed by atoms with van der Waals surface area (Å²) in [5.41, 5.74) is 0.882. The molecule has 0 bridgehead atoms. The van der Waals surface area contributed by atoms with Crippen LogP contribution in [0.2, 0.25) is 0 Å². The first-order valence-corrected chi connectivity index (χ1v) is 8.63. The largest absolute Gasteiger partial charge is 0.480 e. The zero-order chi connectivity index (χ0) is 19.4. The summed E-state index contributed by atoms with van der Waals surface area (Å²) in [5.74, 6) is -2.89. The van der Waals surface area contributed by atoms with E-state index in [4.69, 9.17) is 0 Å². The lowest BCUT2D eigenvalue weighted by Gasteiger charge is -2.18. The molecule has 2 aromatic carbocycles. The fourth-order valence-electron chi connectivity index (χ4n) is 3.06.